The average molecular weight is 299 g/mol. The minimum Gasteiger partial charge on any atom is -0.393 e. The van der Waals surface area contributed by atoms with Gasteiger partial charge in [0, 0.05) is 19.5 Å². The molecule has 0 unspecified atom stereocenters. The Hall–Kier alpha value is -0.890. The molecule has 112 valence electrons. The third-order valence-corrected chi connectivity index (χ3v) is 2.36. The fourth-order valence-electron chi connectivity index (χ4n) is 1.48. The summed E-state index contributed by atoms with van der Waals surface area (Å²) in [6.45, 7) is 3.59. The van der Waals surface area contributed by atoms with Gasteiger partial charge in [0.25, 0.3) is 0 Å². The molecule has 0 aromatic heterocycles. The number of hydrogen-bond donors (Lipinski definition) is 2. The van der Waals surface area contributed by atoms with E-state index in [1.165, 1.54) is 0 Å². The van der Waals surface area contributed by atoms with E-state index in [1.54, 1.807) is 4.90 Å². The van der Waals surface area contributed by atoms with E-state index in [-0.39, 0.29) is 6.54 Å². The van der Waals surface area contributed by atoms with E-state index in [4.69, 9.17) is 18.0 Å². The molecule has 0 rings (SSSR count). The van der Waals surface area contributed by atoms with Gasteiger partial charge < -0.3 is 11.1 Å². The first-order chi connectivity index (χ1) is 8.60. The Balaban J connectivity index is 4.22. The zero-order valence-corrected chi connectivity index (χ0v) is 11.9. The van der Waals surface area contributed by atoms with E-state index in [2.05, 4.69) is 0 Å². The normalized spacial score (nSPS) is 11.9. The van der Waals surface area contributed by atoms with Crippen LogP contribution in [0.2, 0.25) is 0 Å². The molecule has 0 atom stereocenters. The van der Waals surface area contributed by atoms with E-state index >= 15 is 0 Å². The smallest absolute Gasteiger partial charge is 0.393 e. The Labute approximate surface area is 116 Å². The van der Waals surface area contributed by atoms with Crippen molar-refractivity contribution in [2.75, 3.05) is 26.2 Å². The van der Waals surface area contributed by atoms with Crippen LogP contribution in [-0.2, 0) is 4.79 Å². The Morgan fingerprint density at radius 3 is 2.42 bits per heavy atom. The quantitative estimate of drug-likeness (QED) is 0.663. The van der Waals surface area contributed by atoms with E-state index in [0.29, 0.717) is 30.4 Å². The fraction of sp³-hybridized carbons (Fsp3) is 0.818. The van der Waals surface area contributed by atoms with Gasteiger partial charge >= 0.3 is 6.18 Å². The average Bonchev–Trinajstić information content (AvgIpc) is 2.21. The predicted molar refractivity (Wildman–Crippen MR) is 71.7 cm³/mol. The van der Waals surface area contributed by atoms with Crippen LogP contribution in [-0.4, -0.2) is 48.2 Å². The van der Waals surface area contributed by atoms with Gasteiger partial charge in [0.2, 0.25) is 5.91 Å². The predicted octanol–water partition coefficient (Wildman–Crippen LogP) is 1.30. The molecule has 0 aliphatic carbocycles. The van der Waals surface area contributed by atoms with Crippen LogP contribution in [0.15, 0.2) is 0 Å². The molecule has 0 radical (unpaired) electrons. The first kappa shape index (κ1) is 18.1. The number of carbonyl (C=O) groups excluding carboxylic acids is 1. The van der Waals surface area contributed by atoms with Crippen molar-refractivity contribution in [2.45, 2.75) is 26.4 Å². The van der Waals surface area contributed by atoms with Crippen molar-refractivity contribution in [1.29, 1.82) is 0 Å². The lowest BCUT2D eigenvalue weighted by molar-refractivity contribution is -0.139. The van der Waals surface area contributed by atoms with Crippen LogP contribution in [0.3, 0.4) is 0 Å². The number of rotatable bonds is 8. The number of nitrogens with zero attached hydrogens (tertiary/aromatic N) is 1. The maximum absolute atomic E-state index is 12.0. The zero-order chi connectivity index (χ0) is 15.1. The van der Waals surface area contributed by atoms with Crippen molar-refractivity contribution < 1.29 is 18.0 Å². The highest BCUT2D eigenvalue weighted by Gasteiger charge is 2.27. The fourth-order valence-corrected chi connectivity index (χ4v) is 1.57. The van der Waals surface area contributed by atoms with Crippen molar-refractivity contribution in [3.63, 3.8) is 0 Å². The molecular formula is C11H20F3N3OS. The minimum absolute atomic E-state index is 0.0864. The molecule has 0 saturated heterocycles. The van der Waals surface area contributed by atoms with Gasteiger partial charge in [-0.25, -0.2) is 0 Å². The van der Waals surface area contributed by atoms with Gasteiger partial charge in [-0.1, -0.05) is 26.1 Å². The lowest BCUT2D eigenvalue weighted by Gasteiger charge is -2.23. The zero-order valence-electron chi connectivity index (χ0n) is 11.1. The lowest BCUT2D eigenvalue weighted by atomic mass is 10.2. The Bertz CT molecular complexity index is 308. The van der Waals surface area contributed by atoms with Crippen molar-refractivity contribution >= 4 is 23.1 Å². The van der Waals surface area contributed by atoms with Crippen molar-refractivity contribution in [2.24, 2.45) is 11.7 Å². The molecule has 0 heterocycles. The van der Waals surface area contributed by atoms with Gasteiger partial charge in [0.15, 0.2) is 0 Å². The molecule has 0 aromatic carbocycles. The highest BCUT2D eigenvalue weighted by Crippen LogP contribution is 2.12. The van der Waals surface area contributed by atoms with Crippen LogP contribution in [0.4, 0.5) is 13.2 Å². The molecule has 19 heavy (non-hydrogen) atoms. The molecule has 1 amide bonds. The second kappa shape index (κ2) is 8.31. The maximum atomic E-state index is 12.0. The summed E-state index contributed by atoms with van der Waals surface area (Å²) < 4.78 is 35.9. The number of alkyl halides is 3. The number of nitrogens with one attached hydrogen (secondary N) is 1. The van der Waals surface area contributed by atoms with Crippen molar-refractivity contribution in [3.8, 4) is 0 Å². The number of carbonyl (C=O) groups is 1. The molecule has 0 bridgehead atoms. The molecule has 0 spiro atoms. The third-order valence-electron chi connectivity index (χ3n) is 2.15. The molecule has 0 aliphatic heterocycles. The summed E-state index contributed by atoms with van der Waals surface area (Å²) in [4.78, 5) is 13.5. The molecule has 8 heteroatoms. The standard InChI is InChI=1S/C11H20F3N3OS/c1-8(2)5-17(4-3-9(15)19)6-10(18)16-7-11(12,13)14/h8H,3-7H2,1-2H3,(H2,15,19)(H,16,18). The number of hydrogen-bond acceptors (Lipinski definition) is 3. The summed E-state index contributed by atoms with van der Waals surface area (Å²) in [6, 6.07) is 0. The van der Waals surface area contributed by atoms with Gasteiger partial charge in [0.05, 0.1) is 11.5 Å². The largest absolute Gasteiger partial charge is 0.405 e. The number of halogens is 3. The van der Waals surface area contributed by atoms with Crippen molar-refractivity contribution in [1.82, 2.24) is 10.2 Å². The Kier molecular flexibility index (Phi) is 7.93. The monoisotopic (exact) mass is 299 g/mol. The molecule has 4 nitrogen and oxygen atoms in total. The number of nitrogens with two attached hydrogens (primary N) is 1. The van der Waals surface area contributed by atoms with Crippen LogP contribution in [0.5, 0.6) is 0 Å². The van der Waals surface area contributed by atoms with Crippen LogP contribution in [0, 0.1) is 5.92 Å². The molecular weight excluding hydrogens is 279 g/mol. The van der Waals surface area contributed by atoms with Crippen LogP contribution < -0.4 is 11.1 Å². The topological polar surface area (TPSA) is 58.4 Å². The summed E-state index contributed by atoms with van der Waals surface area (Å²) >= 11 is 4.74. The van der Waals surface area contributed by atoms with Crippen LogP contribution >= 0.6 is 12.2 Å². The van der Waals surface area contributed by atoms with Gasteiger partial charge in [-0.3, -0.25) is 9.69 Å². The van der Waals surface area contributed by atoms with E-state index < -0.39 is 18.6 Å². The SMILES string of the molecule is CC(C)CN(CCC(N)=S)CC(=O)NCC(F)(F)F. The number of thiocarbonyl (C=S) groups is 1. The summed E-state index contributed by atoms with van der Waals surface area (Å²) in [5.74, 6) is -0.359. The highest BCUT2D eigenvalue weighted by atomic mass is 32.1. The van der Waals surface area contributed by atoms with Crippen molar-refractivity contribution in [3.05, 3.63) is 0 Å². The van der Waals surface area contributed by atoms with Crippen LogP contribution in [0.1, 0.15) is 20.3 Å². The maximum Gasteiger partial charge on any atom is 0.405 e. The summed E-state index contributed by atoms with van der Waals surface area (Å²) in [5, 5.41) is 1.84. The lowest BCUT2D eigenvalue weighted by Crippen LogP contribution is -2.43. The highest BCUT2D eigenvalue weighted by molar-refractivity contribution is 7.80. The van der Waals surface area contributed by atoms with Gasteiger partial charge in [-0.15, -0.1) is 0 Å². The van der Waals surface area contributed by atoms with E-state index in [0.717, 1.165) is 0 Å². The van der Waals surface area contributed by atoms with Crippen LogP contribution in [0.25, 0.3) is 0 Å². The van der Waals surface area contributed by atoms with E-state index in [9.17, 15) is 18.0 Å². The Morgan fingerprint density at radius 2 is 2.00 bits per heavy atom. The molecule has 0 aromatic rings. The third kappa shape index (κ3) is 11.9. The first-order valence-electron chi connectivity index (χ1n) is 5.94. The number of amides is 1. The summed E-state index contributed by atoms with van der Waals surface area (Å²) in [6.07, 6.45) is -3.95. The molecule has 0 fully saturated rings. The van der Waals surface area contributed by atoms with Gasteiger partial charge in [-0.05, 0) is 5.92 Å². The second-order valence-corrected chi connectivity index (χ2v) is 5.26. The molecule has 0 saturated carbocycles. The molecule has 3 N–H and O–H groups in total. The second-order valence-electron chi connectivity index (χ2n) is 4.74. The van der Waals surface area contributed by atoms with Gasteiger partial charge in [0.1, 0.15) is 6.54 Å². The van der Waals surface area contributed by atoms with Gasteiger partial charge in [-0.2, -0.15) is 13.2 Å². The molecule has 0 aliphatic rings. The first-order valence-corrected chi connectivity index (χ1v) is 6.35. The van der Waals surface area contributed by atoms with E-state index in [1.807, 2.05) is 19.2 Å². The Morgan fingerprint density at radius 1 is 1.42 bits per heavy atom. The minimum atomic E-state index is -4.39. The summed E-state index contributed by atoms with van der Waals surface area (Å²) in [7, 11) is 0. The summed E-state index contributed by atoms with van der Waals surface area (Å²) in [5.41, 5.74) is 5.37.